The van der Waals surface area contributed by atoms with Crippen molar-refractivity contribution < 1.29 is 0 Å². The van der Waals surface area contributed by atoms with Crippen LogP contribution >= 0.6 is 11.3 Å². The van der Waals surface area contributed by atoms with Crippen LogP contribution in [0.1, 0.15) is 38.7 Å². The number of nitrogens with two attached hydrogens (primary N) is 1. The minimum Gasteiger partial charge on any atom is -0.327 e. The summed E-state index contributed by atoms with van der Waals surface area (Å²) in [5.74, 6) is 2.46. The maximum atomic E-state index is 6.37. The summed E-state index contributed by atoms with van der Waals surface area (Å²) in [5.41, 5.74) is 7.79. The van der Waals surface area contributed by atoms with Crippen LogP contribution in [0.5, 0.6) is 0 Å². The zero-order valence-electron chi connectivity index (χ0n) is 10.4. The Morgan fingerprint density at radius 1 is 1.31 bits per heavy atom. The van der Waals surface area contributed by atoms with Crippen molar-refractivity contribution >= 4 is 11.3 Å². The van der Waals surface area contributed by atoms with E-state index in [-0.39, 0.29) is 0 Å². The van der Waals surface area contributed by atoms with Crippen molar-refractivity contribution in [3.05, 3.63) is 22.4 Å². The Morgan fingerprint density at radius 3 is 2.56 bits per heavy atom. The molecule has 1 heterocycles. The van der Waals surface area contributed by atoms with Crippen molar-refractivity contribution in [2.75, 3.05) is 0 Å². The lowest BCUT2D eigenvalue weighted by Gasteiger charge is -2.35. The van der Waals surface area contributed by atoms with Crippen LogP contribution in [-0.2, 0) is 6.42 Å². The van der Waals surface area contributed by atoms with E-state index in [0.717, 1.165) is 24.2 Å². The molecule has 1 aliphatic rings. The molecule has 2 rings (SSSR count). The van der Waals surface area contributed by atoms with Gasteiger partial charge in [0.05, 0.1) is 0 Å². The average Bonchev–Trinajstić information content (AvgIpc) is 2.68. The number of thiophene rings is 1. The van der Waals surface area contributed by atoms with Crippen LogP contribution in [0.25, 0.3) is 0 Å². The van der Waals surface area contributed by atoms with Crippen LogP contribution in [0, 0.1) is 17.8 Å². The predicted octanol–water partition coefficient (Wildman–Crippen LogP) is 3.69. The summed E-state index contributed by atoms with van der Waals surface area (Å²) < 4.78 is 0. The van der Waals surface area contributed by atoms with Crippen molar-refractivity contribution in [2.45, 2.75) is 45.6 Å². The molecule has 2 heteroatoms. The maximum absolute atomic E-state index is 6.37. The fourth-order valence-electron chi connectivity index (χ4n) is 3.21. The third-order valence-electron chi connectivity index (χ3n) is 3.87. The number of hydrogen-bond acceptors (Lipinski definition) is 2. The molecule has 1 aromatic heterocycles. The first-order valence-corrected chi connectivity index (χ1v) is 7.36. The largest absolute Gasteiger partial charge is 0.327 e. The molecule has 2 N–H and O–H groups in total. The topological polar surface area (TPSA) is 26.0 Å². The lowest BCUT2D eigenvalue weighted by molar-refractivity contribution is 0.192. The first-order chi connectivity index (χ1) is 7.65. The molecule has 3 atom stereocenters. The highest BCUT2D eigenvalue weighted by Crippen LogP contribution is 2.34. The number of hydrogen-bond donors (Lipinski definition) is 1. The molecule has 90 valence electrons. The lowest BCUT2D eigenvalue weighted by atomic mass is 9.73. The molecular weight excluding hydrogens is 214 g/mol. The molecular formula is C14H23NS. The van der Waals surface area contributed by atoms with Crippen LogP contribution < -0.4 is 5.73 Å². The second-order valence-electron chi connectivity index (χ2n) is 5.68. The zero-order valence-corrected chi connectivity index (χ0v) is 11.2. The molecule has 0 aliphatic heterocycles. The average molecular weight is 237 g/mol. The molecule has 0 bridgehead atoms. The van der Waals surface area contributed by atoms with Crippen LogP contribution in [0.4, 0.5) is 0 Å². The van der Waals surface area contributed by atoms with Crippen molar-refractivity contribution in [3.63, 3.8) is 0 Å². The van der Waals surface area contributed by atoms with Crippen molar-refractivity contribution in [1.29, 1.82) is 0 Å². The van der Waals surface area contributed by atoms with E-state index in [1.165, 1.54) is 24.8 Å². The van der Waals surface area contributed by atoms with Gasteiger partial charge >= 0.3 is 0 Å². The Balaban J connectivity index is 1.91. The molecule has 0 spiro atoms. The van der Waals surface area contributed by atoms with Crippen molar-refractivity contribution in [1.82, 2.24) is 0 Å². The van der Waals surface area contributed by atoms with E-state index >= 15 is 0 Å². The molecule has 3 unspecified atom stereocenters. The van der Waals surface area contributed by atoms with E-state index in [2.05, 4.69) is 30.7 Å². The quantitative estimate of drug-likeness (QED) is 0.852. The van der Waals surface area contributed by atoms with Crippen LogP contribution in [0.15, 0.2) is 16.8 Å². The Bertz CT molecular complexity index is 297. The molecule has 1 nitrogen and oxygen atoms in total. The minimum atomic E-state index is 0.361. The van der Waals surface area contributed by atoms with E-state index in [1.807, 2.05) is 0 Å². The van der Waals surface area contributed by atoms with Gasteiger partial charge in [0, 0.05) is 6.04 Å². The van der Waals surface area contributed by atoms with Crippen molar-refractivity contribution in [2.24, 2.45) is 23.5 Å². The summed E-state index contributed by atoms with van der Waals surface area (Å²) in [6.45, 7) is 4.75. The zero-order chi connectivity index (χ0) is 11.5. The molecule has 1 saturated carbocycles. The van der Waals surface area contributed by atoms with Gasteiger partial charge in [0.2, 0.25) is 0 Å². The Kier molecular flexibility index (Phi) is 4.04. The summed E-state index contributed by atoms with van der Waals surface area (Å²) >= 11 is 1.77. The molecule has 0 saturated heterocycles. The summed E-state index contributed by atoms with van der Waals surface area (Å²) in [4.78, 5) is 0. The van der Waals surface area contributed by atoms with Crippen LogP contribution in [0.2, 0.25) is 0 Å². The van der Waals surface area contributed by atoms with E-state index in [4.69, 9.17) is 5.73 Å². The third kappa shape index (κ3) is 3.08. The molecule has 1 aliphatic carbocycles. The van der Waals surface area contributed by atoms with Gasteiger partial charge in [-0.3, -0.25) is 0 Å². The molecule has 16 heavy (non-hydrogen) atoms. The van der Waals surface area contributed by atoms with Gasteiger partial charge in [0.15, 0.2) is 0 Å². The Labute approximate surface area is 103 Å². The molecule has 1 fully saturated rings. The normalized spacial score (nSPS) is 32.6. The van der Waals surface area contributed by atoms with Gasteiger partial charge in [0.25, 0.3) is 0 Å². The number of rotatable bonds is 3. The SMILES string of the molecule is CC1CC(C)CC(C(N)Cc2ccsc2)C1. The van der Waals surface area contributed by atoms with E-state index in [9.17, 15) is 0 Å². The van der Waals surface area contributed by atoms with Gasteiger partial charge in [-0.15, -0.1) is 0 Å². The van der Waals surface area contributed by atoms with Gasteiger partial charge in [-0.2, -0.15) is 11.3 Å². The van der Waals surface area contributed by atoms with E-state index < -0.39 is 0 Å². The second kappa shape index (κ2) is 5.33. The highest BCUT2D eigenvalue weighted by molar-refractivity contribution is 7.07. The Morgan fingerprint density at radius 2 is 2.00 bits per heavy atom. The van der Waals surface area contributed by atoms with Gasteiger partial charge in [0.1, 0.15) is 0 Å². The highest BCUT2D eigenvalue weighted by Gasteiger charge is 2.28. The minimum absolute atomic E-state index is 0.361. The standard InChI is InChI=1S/C14H23NS/c1-10-5-11(2)7-13(6-10)14(15)8-12-3-4-16-9-12/h3-4,9-11,13-14H,5-8,15H2,1-2H3. The monoisotopic (exact) mass is 237 g/mol. The third-order valence-corrected chi connectivity index (χ3v) is 4.60. The molecule has 0 amide bonds. The summed E-state index contributed by atoms with van der Waals surface area (Å²) in [6.07, 6.45) is 5.11. The Hall–Kier alpha value is -0.340. The maximum Gasteiger partial charge on any atom is 0.0108 e. The van der Waals surface area contributed by atoms with E-state index in [0.29, 0.717) is 6.04 Å². The van der Waals surface area contributed by atoms with Crippen LogP contribution in [0.3, 0.4) is 0 Å². The molecule has 1 aromatic rings. The van der Waals surface area contributed by atoms with Crippen LogP contribution in [-0.4, -0.2) is 6.04 Å². The molecule has 0 aromatic carbocycles. The van der Waals surface area contributed by atoms with Gasteiger partial charge in [-0.1, -0.05) is 13.8 Å². The summed E-state index contributed by atoms with van der Waals surface area (Å²) in [7, 11) is 0. The first-order valence-electron chi connectivity index (χ1n) is 6.41. The van der Waals surface area contributed by atoms with Gasteiger partial charge < -0.3 is 5.73 Å². The highest BCUT2D eigenvalue weighted by atomic mass is 32.1. The van der Waals surface area contributed by atoms with E-state index in [1.54, 1.807) is 11.3 Å². The lowest BCUT2D eigenvalue weighted by Crippen LogP contribution is -2.37. The second-order valence-corrected chi connectivity index (χ2v) is 6.46. The summed E-state index contributed by atoms with van der Waals surface area (Å²) in [6, 6.07) is 2.57. The van der Waals surface area contributed by atoms with Crippen molar-refractivity contribution in [3.8, 4) is 0 Å². The molecule has 0 radical (unpaired) electrons. The smallest absolute Gasteiger partial charge is 0.0108 e. The van der Waals surface area contributed by atoms with Gasteiger partial charge in [-0.25, -0.2) is 0 Å². The van der Waals surface area contributed by atoms with Gasteiger partial charge in [-0.05, 0) is 65.8 Å². The summed E-state index contributed by atoms with van der Waals surface area (Å²) in [5, 5.41) is 4.38. The first kappa shape index (κ1) is 12.1. The fourth-order valence-corrected chi connectivity index (χ4v) is 3.89. The fraction of sp³-hybridized carbons (Fsp3) is 0.714. The predicted molar refractivity (Wildman–Crippen MR) is 71.7 cm³/mol.